The van der Waals surface area contributed by atoms with Crippen molar-refractivity contribution in [3.05, 3.63) is 0 Å². The first-order valence-corrected chi connectivity index (χ1v) is 9.69. The molecule has 1 fully saturated rings. The van der Waals surface area contributed by atoms with Gasteiger partial charge < -0.3 is 10.1 Å². The molecule has 1 atom stereocenters. The van der Waals surface area contributed by atoms with Crippen LogP contribution in [-0.4, -0.2) is 42.4 Å². The molecule has 0 heterocycles. The third-order valence-electron chi connectivity index (χ3n) is 3.90. The molecule has 1 amide bonds. The molecule has 0 aromatic carbocycles. The maximum Gasteiger partial charge on any atom is 0.407 e. The second-order valence-electron chi connectivity index (χ2n) is 7.45. The van der Waals surface area contributed by atoms with E-state index in [1.54, 1.807) is 20.8 Å². The summed E-state index contributed by atoms with van der Waals surface area (Å²) in [5.74, 6) is -3.17. The van der Waals surface area contributed by atoms with Crippen LogP contribution in [0.1, 0.15) is 59.3 Å². The van der Waals surface area contributed by atoms with Gasteiger partial charge in [-0.25, -0.2) is 13.6 Å². The van der Waals surface area contributed by atoms with E-state index in [1.165, 1.54) is 0 Å². The predicted octanol–water partition coefficient (Wildman–Crippen LogP) is 3.37. The van der Waals surface area contributed by atoms with Crippen molar-refractivity contribution >= 4 is 16.2 Å². The van der Waals surface area contributed by atoms with Crippen LogP contribution in [0, 0.1) is 5.92 Å². The van der Waals surface area contributed by atoms with Gasteiger partial charge in [0.25, 0.3) is 10.1 Å². The van der Waals surface area contributed by atoms with E-state index in [-0.39, 0.29) is 25.2 Å². The number of carbonyl (C=O) groups excluding carboxylic acids is 1. The minimum Gasteiger partial charge on any atom is -0.444 e. The van der Waals surface area contributed by atoms with Gasteiger partial charge in [-0.15, -0.1) is 0 Å². The number of nitrogens with one attached hydrogen (secondary N) is 1. The highest BCUT2D eigenvalue weighted by Gasteiger charge is 2.36. The first kappa shape index (κ1) is 21.1. The molecule has 2 N–H and O–H groups in total. The summed E-state index contributed by atoms with van der Waals surface area (Å²) in [6.45, 7) is 5.09. The Hall–Kier alpha value is -0.960. The molecule has 0 aliphatic heterocycles. The summed E-state index contributed by atoms with van der Waals surface area (Å²) >= 11 is 0. The fraction of sp³-hybridized carbons (Fsp3) is 0.933. The number of hydrogen-bond donors (Lipinski definition) is 2. The maximum absolute atomic E-state index is 13.2. The Kier molecular flexibility index (Phi) is 6.98. The van der Waals surface area contributed by atoms with E-state index >= 15 is 0 Å². The van der Waals surface area contributed by atoms with Crippen LogP contribution in [0.2, 0.25) is 0 Å². The molecule has 0 aromatic heterocycles. The monoisotopic (exact) mass is 371 g/mol. The zero-order valence-corrected chi connectivity index (χ0v) is 15.2. The Balaban J connectivity index is 2.62. The Bertz CT molecular complexity index is 520. The van der Waals surface area contributed by atoms with E-state index in [0.717, 1.165) is 0 Å². The summed E-state index contributed by atoms with van der Waals surface area (Å²) in [6.07, 6.45) is -0.0550. The van der Waals surface area contributed by atoms with Gasteiger partial charge in [0.2, 0.25) is 5.92 Å². The van der Waals surface area contributed by atoms with Gasteiger partial charge in [-0.1, -0.05) is 0 Å². The van der Waals surface area contributed by atoms with Gasteiger partial charge in [-0.2, -0.15) is 8.42 Å². The summed E-state index contributed by atoms with van der Waals surface area (Å²) in [5.41, 5.74) is -0.704. The van der Waals surface area contributed by atoms with E-state index < -0.39 is 39.5 Å². The zero-order valence-electron chi connectivity index (χ0n) is 14.3. The minimum absolute atomic E-state index is 0.00493. The summed E-state index contributed by atoms with van der Waals surface area (Å²) in [5, 5.41) is 2.59. The standard InChI is InChI=1S/C15H27F2NO5S/c1-14(2,3)23-13(19)18-12(6-9-24(20,21)22)10-11-4-7-15(16,17)8-5-11/h11-12H,4-10H2,1-3H3,(H,18,19)(H,20,21,22)/t12-/m1/s1. The Labute approximate surface area is 142 Å². The molecule has 1 aliphatic rings. The van der Waals surface area contributed by atoms with Crippen molar-refractivity contribution in [2.75, 3.05) is 5.75 Å². The molecule has 1 saturated carbocycles. The van der Waals surface area contributed by atoms with Crippen molar-refractivity contribution in [3.8, 4) is 0 Å². The number of amides is 1. The van der Waals surface area contributed by atoms with Gasteiger partial charge >= 0.3 is 6.09 Å². The Morgan fingerprint density at radius 2 is 1.88 bits per heavy atom. The number of rotatable bonds is 6. The van der Waals surface area contributed by atoms with Crippen LogP contribution in [0.5, 0.6) is 0 Å². The fourth-order valence-electron chi connectivity index (χ4n) is 2.75. The van der Waals surface area contributed by atoms with Gasteiger partial charge in [0, 0.05) is 18.9 Å². The first-order valence-electron chi connectivity index (χ1n) is 8.08. The smallest absolute Gasteiger partial charge is 0.407 e. The van der Waals surface area contributed by atoms with Gasteiger partial charge in [-0.3, -0.25) is 4.55 Å². The fourth-order valence-corrected chi connectivity index (χ4v) is 3.33. The molecule has 0 spiro atoms. The van der Waals surface area contributed by atoms with Gasteiger partial charge in [-0.05, 0) is 52.4 Å². The average molecular weight is 371 g/mol. The van der Waals surface area contributed by atoms with Gasteiger partial charge in [0.15, 0.2) is 0 Å². The van der Waals surface area contributed by atoms with E-state index in [4.69, 9.17) is 9.29 Å². The lowest BCUT2D eigenvalue weighted by Gasteiger charge is -2.31. The van der Waals surface area contributed by atoms with E-state index in [1.807, 2.05) is 0 Å². The lowest BCUT2D eigenvalue weighted by Crippen LogP contribution is -2.41. The number of alkyl halides is 2. The number of alkyl carbamates (subject to hydrolysis) is 1. The molecule has 1 rings (SSSR count). The molecular formula is C15H27F2NO5S. The van der Waals surface area contributed by atoms with E-state index in [0.29, 0.717) is 19.3 Å². The Morgan fingerprint density at radius 1 is 1.33 bits per heavy atom. The first-order chi connectivity index (χ1) is 10.8. The second kappa shape index (κ2) is 7.95. The molecule has 24 heavy (non-hydrogen) atoms. The van der Waals surface area contributed by atoms with Gasteiger partial charge in [0.1, 0.15) is 5.60 Å². The highest BCUT2D eigenvalue weighted by Crippen LogP contribution is 2.38. The lowest BCUT2D eigenvalue weighted by molar-refractivity contribution is -0.0475. The molecule has 6 nitrogen and oxygen atoms in total. The number of halogens is 2. The molecule has 142 valence electrons. The lowest BCUT2D eigenvalue weighted by atomic mass is 9.82. The summed E-state index contributed by atoms with van der Waals surface area (Å²) in [6, 6.07) is -0.557. The highest BCUT2D eigenvalue weighted by atomic mass is 32.2. The van der Waals surface area contributed by atoms with Crippen LogP contribution in [0.3, 0.4) is 0 Å². The largest absolute Gasteiger partial charge is 0.444 e. The van der Waals surface area contributed by atoms with E-state index in [9.17, 15) is 22.0 Å². The molecule has 0 saturated heterocycles. The van der Waals surface area contributed by atoms with Crippen molar-refractivity contribution < 1.29 is 31.3 Å². The van der Waals surface area contributed by atoms with Crippen molar-refractivity contribution in [2.45, 2.75) is 76.9 Å². The molecule has 0 aromatic rings. The van der Waals surface area contributed by atoms with Crippen LogP contribution in [-0.2, 0) is 14.9 Å². The van der Waals surface area contributed by atoms with E-state index in [2.05, 4.69) is 5.32 Å². The van der Waals surface area contributed by atoms with Crippen molar-refractivity contribution in [1.82, 2.24) is 5.32 Å². The maximum atomic E-state index is 13.2. The second-order valence-corrected chi connectivity index (χ2v) is 9.02. The van der Waals surface area contributed by atoms with Crippen LogP contribution in [0.4, 0.5) is 13.6 Å². The van der Waals surface area contributed by atoms with Crippen LogP contribution < -0.4 is 5.32 Å². The van der Waals surface area contributed by atoms with Crippen LogP contribution in [0.25, 0.3) is 0 Å². The number of carbonyl (C=O) groups is 1. The van der Waals surface area contributed by atoms with Gasteiger partial charge in [0.05, 0.1) is 5.75 Å². The molecule has 9 heteroatoms. The summed E-state index contributed by atoms with van der Waals surface area (Å²) in [7, 11) is -4.16. The molecular weight excluding hydrogens is 344 g/mol. The summed E-state index contributed by atoms with van der Waals surface area (Å²) < 4.78 is 62.3. The van der Waals surface area contributed by atoms with Crippen molar-refractivity contribution in [2.24, 2.45) is 5.92 Å². The summed E-state index contributed by atoms with van der Waals surface area (Å²) in [4.78, 5) is 11.9. The van der Waals surface area contributed by atoms with Crippen molar-refractivity contribution in [3.63, 3.8) is 0 Å². The molecule has 0 radical (unpaired) electrons. The predicted molar refractivity (Wildman–Crippen MR) is 85.7 cm³/mol. The number of hydrogen-bond acceptors (Lipinski definition) is 4. The van der Waals surface area contributed by atoms with Crippen molar-refractivity contribution in [1.29, 1.82) is 0 Å². The SMILES string of the molecule is CC(C)(C)OC(=O)N[C@H](CCS(=O)(=O)O)CC1CCC(F)(F)CC1. The minimum atomic E-state index is -4.16. The van der Waals surface area contributed by atoms with Crippen LogP contribution >= 0.6 is 0 Å². The zero-order chi connectivity index (χ0) is 18.6. The normalized spacial score (nSPS) is 20.4. The average Bonchev–Trinajstić information content (AvgIpc) is 2.35. The highest BCUT2D eigenvalue weighted by molar-refractivity contribution is 7.85. The molecule has 1 aliphatic carbocycles. The third kappa shape index (κ3) is 9.36. The topological polar surface area (TPSA) is 92.7 Å². The number of ether oxygens (including phenoxy) is 1. The third-order valence-corrected chi connectivity index (χ3v) is 4.65. The molecule has 0 unspecified atom stereocenters. The quantitative estimate of drug-likeness (QED) is 0.698. The van der Waals surface area contributed by atoms with Crippen LogP contribution in [0.15, 0.2) is 0 Å². The Morgan fingerprint density at radius 3 is 2.33 bits per heavy atom. The molecule has 0 bridgehead atoms.